The number of para-hydroxylation sites is 1. The summed E-state index contributed by atoms with van der Waals surface area (Å²) in [6.07, 6.45) is 0. The van der Waals surface area contributed by atoms with Crippen LogP contribution in [0.1, 0.15) is 22.0 Å². The van der Waals surface area contributed by atoms with E-state index in [1.807, 2.05) is 6.07 Å². The molecule has 1 atom stereocenters. The minimum atomic E-state index is -3.87. The van der Waals surface area contributed by atoms with Crippen molar-refractivity contribution in [1.82, 2.24) is 10.0 Å². The fraction of sp³-hybridized carbons (Fsp3) is 0.130. The van der Waals surface area contributed by atoms with E-state index >= 15 is 0 Å². The third-order valence-corrected chi connectivity index (χ3v) is 6.13. The van der Waals surface area contributed by atoms with E-state index in [0.29, 0.717) is 11.3 Å². The highest BCUT2D eigenvalue weighted by Gasteiger charge is 2.25. The summed E-state index contributed by atoms with van der Waals surface area (Å²) in [5.41, 5.74) is 1.22. The van der Waals surface area contributed by atoms with Gasteiger partial charge in [-0.2, -0.15) is 0 Å². The summed E-state index contributed by atoms with van der Waals surface area (Å²) in [5.74, 6) is -0.957. The smallest absolute Gasteiger partial charge is 0.252 e. The van der Waals surface area contributed by atoms with Gasteiger partial charge in [-0.05, 0) is 42.9 Å². The number of anilines is 1. The standard InChI is InChI=1S/C23H23N3O5S/c1-24-32(29,30)20-15-17(13-14-19(20)31-2)22(27)26-21(16-9-5-3-6-10-16)23(28)25-18-11-7-4-8-12-18/h3-15,21,24H,1-2H3,(H,25,28)(H,26,27). The number of methoxy groups -OCH3 is 1. The second kappa shape index (κ2) is 10.1. The van der Waals surface area contributed by atoms with E-state index in [0.717, 1.165) is 0 Å². The molecule has 3 N–H and O–H groups in total. The highest BCUT2D eigenvalue weighted by Crippen LogP contribution is 2.25. The topological polar surface area (TPSA) is 114 Å². The van der Waals surface area contributed by atoms with E-state index in [-0.39, 0.29) is 16.2 Å². The maximum atomic E-state index is 13.0. The van der Waals surface area contributed by atoms with Gasteiger partial charge in [-0.1, -0.05) is 48.5 Å². The van der Waals surface area contributed by atoms with Gasteiger partial charge in [0.25, 0.3) is 11.8 Å². The molecule has 3 rings (SSSR count). The first-order valence-electron chi connectivity index (χ1n) is 9.69. The van der Waals surface area contributed by atoms with Gasteiger partial charge in [0.2, 0.25) is 10.0 Å². The van der Waals surface area contributed by atoms with Crippen LogP contribution in [0.5, 0.6) is 5.75 Å². The number of sulfonamides is 1. The summed E-state index contributed by atoms with van der Waals surface area (Å²) in [6, 6.07) is 20.7. The second-order valence-corrected chi connectivity index (χ2v) is 8.60. The minimum absolute atomic E-state index is 0.0630. The summed E-state index contributed by atoms with van der Waals surface area (Å²) in [4.78, 5) is 25.8. The van der Waals surface area contributed by atoms with Gasteiger partial charge < -0.3 is 15.4 Å². The number of rotatable bonds is 8. The Bertz CT molecular complexity index is 1200. The van der Waals surface area contributed by atoms with Crippen LogP contribution in [0, 0.1) is 0 Å². The summed E-state index contributed by atoms with van der Waals surface area (Å²) in [5, 5.41) is 5.48. The zero-order valence-electron chi connectivity index (χ0n) is 17.5. The maximum Gasteiger partial charge on any atom is 0.252 e. The number of benzene rings is 3. The van der Waals surface area contributed by atoms with Gasteiger partial charge in [0, 0.05) is 11.3 Å². The summed E-state index contributed by atoms with van der Waals surface area (Å²) in [7, 11) is -1.27. The fourth-order valence-corrected chi connectivity index (χ4v) is 3.95. The first kappa shape index (κ1) is 23.0. The number of amides is 2. The number of hydrogen-bond acceptors (Lipinski definition) is 5. The lowest BCUT2D eigenvalue weighted by atomic mass is 10.0. The second-order valence-electron chi connectivity index (χ2n) is 6.75. The van der Waals surface area contributed by atoms with Crippen molar-refractivity contribution in [2.75, 3.05) is 19.5 Å². The Hall–Kier alpha value is -3.69. The monoisotopic (exact) mass is 453 g/mol. The molecule has 8 nitrogen and oxygen atoms in total. The van der Waals surface area contributed by atoms with Crippen LogP contribution in [-0.2, 0) is 14.8 Å². The van der Waals surface area contributed by atoms with Crippen molar-refractivity contribution in [3.05, 3.63) is 90.0 Å². The Morgan fingerprint density at radius 3 is 2.12 bits per heavy atom. The molecule has 0 fully saturated rings. The van der Waals surface area contributed by atoms with Crippen LogP contribution in [0.4, 0.5) is 5.69 Å². The van der Waals surface area contributed by atoms with Gasteiger partial charge in [0.1, 0.15) is 16.7 Å². The molecule has 0 aliphatic carbocycles. The average molecular weight is 454 g/mol. The molecule has 3 aromatic carbocycles. The average Bonchev–Trinajstić information content (AvgIpc) is 2.83. The molecule has 0 aromatic heterocycles. The summed E-state index contributed by atoms with van der Waals surface area (Å²) < 4.78 is 32.0. The molecule has 0 bridgehead atoms. The largest absolute Gasteiger partial charge is 0.495 e. The third kappa shape index (κ3) is 5.32. The van der Waals surface area contributed by atoms with Crippen molar-refractivity contribution < 1.29 is 22.7 Å². The molecule has 0 saturated carbocycles. The number of carbonyl (C=O) groups excluding carboxylic acids is 2. The van der Waals surface area contributed by atoms with E-state index < -0.39 is 27.9 Å². The van der Waals surface area contributed by atoms with Crippen LogP contribution >= 0.6 is 0 Å². The molecule has 0 spiro atoms. The molecular formula is C23H23N3O5S. The predicted molar refractivity (Wildman–Crippen MR) is 121 cm³/mol. The van der Waals surface area contributed by atoms with E-state index in [1.165, 1.54) is 32.4 Å². The van der Waals surface area contributed by atoms with E-state index in [2.05, 4.69) is 15.4 Å². The third-order valence-electron chi connectivity index (χ3n) is 4.70. The number of carbonyl (C=O) groups is 2. The summed E-state index contributed by atoms with van der Waals surface area (Å²) >= 11 is 0. The molecule has 0 aliphatic rings. The first-order valence-corrected chi connectivity index (χ1v) is 11.2. The molecule has 0 heterocycles. The van der Waals surface area contributed by atoms with Crippen molar-refractivity contribution >= 4 is 27.5 Å². The lowest BCUT2D eigenvalue weighted by Crippen LogP contribution is -2.37. The van der Waals surface area contributed by atoms with Crippen molar-refractivity contribution in [2.24, 2.45) is 0 Å². The van der Waals surface area contributed by atoms with Gasteiger partial charge in [0.15, 0.2) is 0 Å². The fourth-order valence-electron chi connectivity index (χ4n) is 3.03. The highest BCUT2D eigenvalue weighted by molar-refractivity contribution is 7.89. The van der Waals surface area contributed by atoms with Gasteiger partial charge in [-0.15, -0.1) is 0 Å². The zero-order chi connectivity index (χ0) is 23.1. The van der Waals surface area contributed by atoms with E-state index in [1.54, 1.807) is 54.6 Å². The lowest BCUT2D eigenvalue weighted by Gasteiger charge is -2.19. The van der Waals surface area contributed by atoms with Crippen LogP contribution in [0.25, 0.3) is 0 Å². The lowest BCUT2D eigenvalue weighted by molar-refractivity contribution is -0.118. The van der Waals surface area contributed by atoms with Gasteiger partial charge in [-0.25, -0.2) is 13.1 Å². The molecule has 0 aliphatic heterocycles. The molecule has 2 amide bonds. The molecule has 3 aromatic rings. The Morgan fingerprint density at radius 1 is 0.906 bits per heavy atom. The number of hydrogen-bond donors (Lipinski definition) is 3. The quantitative estimate of drug-likeness (QED) is 0.485. The molecule has 9 heteroatoms. The normalized spacial score (nSPS) is 11.9. The molecule has 0 saturated heterocycles. The van der Waals surface area contributed by atoms with Crippen molar-refractivity contribution in [2.45, 2.75) is 10.9 Å². The predicted octanol–water partition coefficient (Wildman–Crippen LogP) is 2.71. The SMILES string of the molecule is CNS(=O)(=O)c1cc(C(=O)NC(C(=O)Nc2ccccc2)c2ccccc2)ccc1OC. The van der Waals surface area contributed by atoms with Crippen molar-refractivity contribution in [3.8, 4) is 5.75 Å². The van der Waals surface area contributed by atoms with Crippen LogP contribution in [0.2, 0.25) is 0 Å². The van der Waals surface area contributed by atoms with Crippen molar-refractivity contribution in [3.63, 3.8) is 0 Å². The maximum absolute atomic E-state index is 13.0. The van der Waals surface area contributed by atoms with Crippen LogP contribution < -0.4 is 20.1 Å². The Balaban J connectivity index is 1.92. The molecule has 32 heavy (non-hydrogen) atoms. The molecule has 166 valence electrons. The number of ether oxygens (including phenoxy) is 1. The Labute approximate surface area is 186 Å². The Morgan fingerprint density at radius 2 is 1.53 bits per heavy atom. The summed E-state index contributed by atoms with van der Waals surface area (Å²) in [6.45, 7) is 0. The molecule has 0 radical (unpaired) electrons. The van der Waals surface area contributed by atoms with Crippen LogP contribution in [-0.4, -0.2) is 34.4 Å². The highest BCUT2D eigenvalue weighted by atomic mass is 32.2. The first-order chi connectivity index (χ1) is 15.4. The van der Waals surface area contributed by atoms with Crippen molar-refractivity contribution in [1.29, 1.82) is 0 Å². The van der Waals surface area contributed by atoms with E-state index in [9.17, 15) is 18.0 Å². The zero-order valence-corrected chi connectivity index (χ0v) is 18.3. The van der Waals surface area contributed by atoms with Gasteiger partial charge in [0.05, 0.1) is 7.11 Å². The van der Waals surface area contributed by atoms with Gasteiger partial charge >= 0.3 is 0 Å². The van der Waals surface area contributed by atoms with Gasteiger partial charge in [-0.3, -0.25) is 9.59 Å². The van der Waals surface area contributed by atoms with E-state index in [4.69, 9.17) is 4.74 Å². The van der Waals surface area contributed by atoms with Crippen LogP contribution in [0.3, 0.4) is 0 Å². The minimum Gasteiger partial charge on any atom is -0.495 e. The molecule has 1 unspecified atom stereocenters. The number of nitrogens with one attached hydrogen (secondary N) is 3. The van der Waals surface area contributed by atoms with Crippen LogP contribution in [0.15, 0.2) is 83.8 Å². The molecular weight excluding hydrogens is 430 g/mol. The Kier molecular flexibility index (Phi) is 7.24.